The monoisotopic (exact) mass is 391 g/mol. The zero-order chi connectivity index (χ0) is 21.0. The fraction of sp³-hybridized carbons (Fsp3) is 0.217. The summed E-state index contributed by atoms with van der Waals surface area (Å²) in [6.45, 7) is 3.58. The van der Waals surface area contributed by atoms with Crippen LogP contribution in [0.4, 0.5) is 10.3 Å². The molecule has 6 heteroatoms. The number of benzene rings is 2. The molecule has 1 unspecified atom stereocenters. The van der Waals surface area contributed by atoms with Gasteiger partial charge in [-0.05, 0) is 44.2 Å². The maximum Gasteiger partial charge on any atom is 0.240 e. The molecule has 0 spiro atoms. The predicted octanol–water partition coefficient (Wildman–Crippen LogP) is 4.57. The van der Waals surface area contributed by atoms with E-state index in [1.165, 1.54) is 12.1 Å². The number of amides is 1. The van der Waals surface area contributed by atoms with Crippen LogP contribution in [0.2, 0.25) is 0 Å². The van der Waals surface area contributed by atoms with E-state index >= 15 is 0 Å². The minimum absolute atomic E-state index is 0.0562. The number of carbonyl (C=O) groups excluding carboxylic acids is 1. The summed E-state index contributed by atoms with van der Waals surface area (Å²) in [6.07, 6.45) is 0. The fourth-order valence-electron chi connectivity index (χ4n) is 3.32. The predicted molar refractivity (Wildman–Crippen MR) is 109 cm³/mol. The molecule has 29 heavy (non-hydrogen) atoms. The molecule has 1 N–H and O–H groups in total. The highest BCUT2D eigenvalue weighted by molar-refractivity contribution is 5.92. The van der Waals surface area contributed by atoms with Crippen molar-refractivity contribution in [1.29, 1.82) is 5.26 Å². The number of anilines is 1. The zero-order valence-electron chi connectivity index (χ0n) is 16.6. The Labute approximate surface area is 169 Å². The molecule has 1 amide bonds. The average Bonchev–Trinajstić information content (AvgIpc) is 2.97. The third kappa shape index (κ3) is 4.53. The normalized spacial score (nSPS) is 11.9. The van der Waals surface area contributed by atoms with E-state index in [4.69, 9.17) is 4.42 Å². The molecule has 0 aliphatic heterocycles. The summed E-state index contributed by atoms with van der Waals surface area (Å²) in [4.78, 5) is 14.5. The van der Waals surface area contributed by atoms with Gasteiger partial charge in [-0.2, -0.15) is 5.26 Å². The molecule has 0 saturated heterocycles. The maximum atomic E-state index is 13.4. The lowest BCUT2D eigenvalue weighted by atomic mass is 9.97. The van der Waals surface area contributed by atoms with Crippen molar-refractivity contribution in [2.24, 2.45) is 0 Å². The minimum Gasteiger partial charge on any atom is -0.444 e. The largest absolute Gasteiger partial charge is 0.444 e. The second kappa shape index (κ2) is 8.72. The van der Waals surface area contributed by atoms with Gasteiger partial charge in [-0.1, -0.05) is 42.5 Å². The van der Waals surface area contributed by atoms with Crippen LogP contribution in [0.25, 0.3) is 0 Å². The molecule has 0 aliphatic carbocycles. The summed E-state index contributed by atoms with van der Waals surface area (Å²) in [5, 5.41) is 12.0. The van der Waals surface area contributed by atoms with E-state index in [2.05, 4.69) is 11.4 Å². The van der Waals surface area contributed by atoms with Crippen molar-refractivity contribution in [2.75, 3.05) is 18.9 Å². The van der Waals surface area contributed by atoms with Gasteiger partial charge in [0.2, 0.25) is 11.8 Å². The van der Waals surface area contributed by atoms with Crippen LogP contribution in [-0.4, -0.2) is 24.4 Å². The standard InChI is InChI=1S/C23H22FN3O2/c1-15-16(2)29-23(20(15)13-25)26-21(28)14-27(3)22(17-7-5-4-6-8-17)18-9-11-19(24)12-10-18/h4-12,22H,14H2,1-3H3,(H,26,28). The van der Waals surface area contributed by atoms with E-state index in [-0.39, 0.29) is 30.2 Å². The number of hydrogen-bond acceptors (Lipinski definition) is 4. The summed E-state index contributed by atoms with van der Waals surface area (Å²) in [5.41, 5.74) is 2.90. The van der Waals surface area contributed by atoms with Crippen molar-refractivity contribution in [3.8, 4) is 6.07 Å². The Bertz CT molecular complexity index is 1040. The first kappa shape index (κ1) is 20.3. The molecular formula is C23H22FN3O2. The Hall–Kier alpha value is -3.43. The molecule has 2 aromatic carbocycles. The van der Waals surface area contributed by atoms with Gasteiger partial charge in [0, 0.05) is 5.56 Å². The van der Waals surface area contributed by atoms with Gasteiger partial charge in [0.05, 0.1) is 12.6 Å². The van der Waals surface area contributed by atoms with E-state index in [0.717, 1.165) is 11.1 Å². The minimum atomic E-state index is -0.312. The van der Waals surface area contributed by atoms with Gasteiger partial charge in [0.15, 0.2) is 0 Å². The number of nitrogens with zero attached hydrogens (tertiary/aromatic N) is 2. The maximum absolute atomic E-state index is 13.4. The van der Waals surface area contributed by atoms with Gasteiger partial charge in [-0.15, -0.1) is 0 Å². The van der Waals surface area contributed by atoms with Crippen LogP contribution >= 0.6 is 0 Å². The third-order valence-corrected chi connectivity index (χ3v) is 4.88. The van der Waals surface area contributed by atoms with Crippen molar-refractivity contribution < 1.29 is 13.6 Å². The highest BCUT2D eigenvalue weighted by atomic mass is 19.1. The second-order valence-electron chi connectivity index (χ2n) is 6.93. The number of aryl methyl sites for hydroxylation is 1. The molecule has 5 nitrogen and oxygen atoms in total. The van der Waals surface area contributed by atoms with Crippen LogP contribution in [0.1, 0.15) is 34.1 Å². The van der Waals surface area contributed by atoms with Crippen LogP contribution in [0.15, 0.2) is 59.0 Å². The summed E-state index contributed by atoms with van der Waals surface area (Å²) >= 11 is 0. The number of carbonyl (C=O) groups is 1. The van der Waals surface area contributed by atoms with Crippen LogP contribution in [-0.2, 0) is 4.79 Å². The second-order valence-corrected chi connectivity index (χ2v) is 6.93. The summed E-state index contributed by atoms with van der Waals surface area (Å²) in [6, 6.07) is 17.8. The number of nitriles is 1. The average molecular weight is 391 g/mol. The number of hydrogen-bond donors (Lipinski definition) is 1. The highest BCUT2D eigenvalue weighted by Gasteiger charge is 2.23. The van der Waals surface area contributed by atoms with Crippen molar-refractivity contribution in [1.82, 2.24) is 4.90 Å². The van der Waals surface area contributed by atoms with Crippen LogP contribution in [0, 0.1) is 31.0 Å². The third-order valence-electron chi connectivity index (χ3n) is 4.88. The van der Waals surface area contributed by atoms with E-state index in [0.29, 0.717) is 16.9 Å². The van der Waals surface area contributed by atoms with Crippen molar-refractivity contribution >= 4 is 11.8 Å². The van der Waals surface area contributed by atoms with E-state index in [1.54, 1.807) is 26.0 Å². The van der Waals surface area contributed by atoms with Crippen LogP contribution in [0.3, 0.4) is 0 Å². The number of rotatable bonds is 6. The number of likely N-dealkylation sites (N-methyl/N-ethyl adjacent to an activating group) is 1. The molecule has 0 saturated carbocycles. The first-order valence-corrected chi connectivity index (χ1v) is 9.21. The van der Waals surface area contributed by atoms with E-state index in [9.17, 15) is 14.4 Å². The summed E-state index contributed by atoms with van der Waals surface area (Å²) in [5.74, 6) is 0.145. The van der Waals surface area contributed by atoms with Crippen molar-refractivity contribution in [3.05, 3.63) is 88.4 Å². The molecule has 0 aliphatic rings. The Morgan fingerprint density at radius 3 is 2.38 bits per heavy atom. The number of furan rings is 1. The van der Waals surface area contributed by atoms with E-state index < -0.39 is 0 Å². The van der Waals surface area contributed by atoms with E-state index in [1.807, 2.05) is 42.3 Å². The lowest BCUT2D eigenvalue weighted by Crippen LogP contribution is -2.34. The molecule has 1 atom stereocenters. The quantitative estimate of drug-likeness (QED) is 0.668. The highest BCUT2D eigenvalue weighted by Crippen LogP contribution is 2.28. The topological polar surface area (TPSA) is 69.3 Å². The lowest BCUT2D eigenvalue weighted by Gasteiger charge is -2.28. The summed E-state index contributed by atoms with van der Waals surface area (Å²) < 4.78 is 18.9. The van der Waals surface area contributed by atoms with Crippen molar-refractivity contribution in [3.63, 3.8) is 0 Å². The molecular weight excluding hydrogens is 369 g/mol. The molecule has 0 bridgehead atoms. The van der Waals surface area contributed by atoms with Gasteiger partial charge >= 0.3 is 0 Å². The Morgan fingerprint density at radius 2 is 1.76 bits per heavy atom. The van der Waals surface area contributed by atoms with Gasteiger partial charge in [-0.25, -0.2) is 4.39 Å². The van der Waals surface area contributed by atoms with Crippen LogP contribution < -0.4 is 5.32 Å². The molecule has 1 aromatic heterocycles. The van der Waals surface area contributed by atoms with Gasteiger partial charge in [-0.3, -0.25) is 15.0 Å². The van der Waals surface area contributed by atoms with Crippen LogP contribution in [0.5, 0.6) is 0 Å². The molecule has 1 heterocycles. The molecule has 148 valence electrons. The molecule has 0 radical (unpaired) electrons. The molecule has 3 aromatic rings. The smallest absolute Gasteiger partial charge is 0.240 e. The first-order chi connectivity index (χ1) is 13.9. The Balaban J connectivity index is 1.82. The Kier molecular flexibility index (Phi) is 6.10. The SMILES string of the molecule is Cc1oc(NC(=O)CN(C)C(c2ccccc2)c2ccc(F)cc2)c(C#N)c1C. The lowest BCUT2D eigenvalue weighted by molar-refractivity contribution is -0.117. The zero-order valence-corrected chi connectivity index (χ0v) is 16.6. The fourth-order valence-corrected chi connectivity index (χ4v) is 3.32. The summed E-state index contributed by atoms with van der Waals surface area (Å²) in [7, 11) is 1.82. The number of halogens is 1. The first-order valence-electron chi connectivity index (χ1n) is 9.21. The van der Waals surface area contributed by atoms with Crippen molar-refractivity contribution in [2.45, 2.75) is 19.9 Å². The van der Waals surface area contributed by atoms with Gasteiger partial charge < -0.3 is 4.42 Å². The number of nitrogens with one attached hydrogen (secondary N) is 1. The van der Waals surface area contributed by atoms with Gasteiger partial charge in [0.25, 0.3) is 0 Å². The molecule has 0 fully saturated rings. The Morgan fingerprint density at radius 1 is 1.14 bits per heavy atom. The molecule has 3 rings (SSSR count). The van der Waals surface area contributed by atoms with Gasteiger partial charge in [0.1, 0.15) is 23.2 Å².